The van der Waals surface area contributed by atoms with Crippen LogP contribution in [0.5, 0.6) is 0 Å². The molecule has 0 bridgehead atoms. The molecule has 0 aromatic carbocycles. The predicted molar refractivity (Wildman–Crippen MR) is 64.7 cm³/mol. The Morgan fingerprint density at radius 2 is 1.47 bits per heavy atom. The number of aliphatic hydroxyl groups is 1. The summed E-state index contributed by atoms with van der Waals surface area (Å²) in [6.45, 7) is 1.93. The van der Waals surface area contributed by atoms with Gasteiger partial charge in [-0.3, -0.25) is 14.8 Å². The van der Waals surface area contributed by atoms with E-state index in [1.807, 2.05) is 0 Å². The maximum Gasteiger partial charge on any atom is 0.229 e. The Bertz CT molecular complexity index is 402. The number of carbonyl (C=O) groups is 1. The summed E-state index contributed by atoms with van der Waals surface area (Å²) in [6.07, 6.45) is 3.19. The van der Waals surface area contributed by atoms with Gasteiger partial charge >= 0.3 is 0 Å². The van der Waals surface area contributed by atoms with E-state index in [0.29, 0.717) is 11.4 Å². The van der Waals surface area contributed by atoms with Crippen LogP contribution in [-0.4, -0.2) is 27.5 Å². The van der Waals surface area contributed by atoms with Gasteiger partial charge in [0.05, 0.1) is 0 Å². The van der Waals surface area contributed by atoms with E-state index in [9.17, 15) is 4.79 Å². The van der Waals surface area contributed by atoms with Crippen LogP contribution in [0, 0.1) is 0 Å². The van der Waals surface area contributed by atoms with Crippen LogP contribution in [0.1, 0.15) is 23.1 Å². The van der Waals surface area contributed by atoms with Gasteiger partial charge in [0.2, 0.25) is 5.78 Å². The molecule has 2 aromatic rings. The molecule has 2 rings (SSSR count). The molecule has 4 heteroatoms. The smallest absolute Gasteiger partial charge is 0.229 e. The van der Waals surface area contributed by atoms with E-state index in [1.165, 1.54) is 0 Å². The first-order valence-electron chi connectivity index (χ1n) is 5.27. The molecule has 0 fully saturated rings. The lowest BCUT2D eigenvalue weighted by Gasteiger charge is -1.97. The van der Waals surface area contributed by atoms with Crippen molar-refractivity contribution >= 4 is 5.78 Å². The van der Waals surface area contributed by atoms with Gasteiger partial charge < -0.3 is 5.11 Å². The highest BCUT2D eigenvalue weighted by Gasteiger charge is 2.09. The first-order valence-corrected chi connectivity index (χ1v) is 5.27. The number of aromatic nitrogens is 2. The highest BCUT2D eigenvalue weighted by atomic mass is 16.2. The lowest BCUT2D eigenvalue weighted by atomic mass is 10.2. The molecule has 0 saturated heterocycles. The topological polar surface area (TPSA) is 63.1 Å². The zero-order valence-electron chi connectivity index (χ0n) is 9.58. The number of pyridine rings is 2. The second kappa shape index (κ2) is 7.24. The van der Waals surface area contributed by atoms with Gasteiger partial charge in [-0.2, -0.15) is 0 Å². The van der Waals surface area contributed by atoms with Gasteiger partial charge in [0.1, 0.15) is 11.4 Å². The second-order valence-corrected chi connectivity index (χ2v) is 3.08. The summed E-state index contributed by atoms with van der Waals surface area (Å²) in [5.74, 6) is -0.147. The monoisotopic (exact) mass is 230 g/mol. The van der Waals surface area contributed by atoms with Crippen molar-refractivity contribution in [3.63, 3.8) is 0 Å². The molecular weight excluding hydrogens is 216 g/mol. The first-order chi connectivity index (χ1) is 8.29. The number of nitrogens with zero attached hydrogens (tertiary/aromatic N) is 2. The summed E-state index contributed by atoms with van der Waals surface area (Å²) in [7, 11) is 0. The minimum absolute atomic E-state index is 0.147. The van der Waals surface area contributed by atoms with E-state index >= 15 is 0 Å². The number of rotatable bonds is 2. The summed E-state index contributed by atoms with van der Waals surface area (Å²) in [4.78, 5) is 19.7. The molecule has 88 valence electrons. The maximum absolute atomic E-state index is 11.7. The third-order valence-corrected chi connectivity index (χ3v) is 1.80. The zero-order valence-corrected chi connectivity index (χ0v) is 9.58. The first kappa shape index (κ1) is 13.0. The van der Waals surface area contributed by atoms with Crippen molar-refractivity contribution in [2.45, 2.75) is 6.92 Å². The van der Waals surface area contributed by atoms with E-state index in [1.54, 1.807) is 55.7 Å². The predicted octanol–water partition coefficient (Wildman–Crippen LogP) is 1.71. The molecule has 4 nitrogen and oxygen atoms in total. The average Bonchev–Trinajstić information content (AvgIpc) is 2.41. The molecular formula is C13H14N2O2. The number of carbonyl (C=O) groups excluding carboxylic acids is 1. The highest BCUT2D eigenvalue weighted by Crippen LogP contribution is 2.03. The lowest BCUT2D eigenvalue weighted by Crippen LogP contribution is -2.05. The number of aliphatic hydroxyl groups excluding tert-OH is 1. The van der Waals surface area contributed by atoms with Gasteiger partial charge in [0.25, 0.3) is 0 Å². The van der Waals surface area contributed by atoms with Crippen LogP contribution in [0.25, 0.3) is 0 Å². The fourth-order valence-electron chi connectivity index (χ4n) is 1.13. The summed E-state index contributed by atoms with van der Waals surface area (Å²) in [5.41, 5.74) is 0.845. The summed E-state index contributed by atoms with van der Waals surface area (Å²) >= 11 is 0. The molecule has 0 unspecified atom stereocenters. The average molecular weight is 230 g/mol. The molecule has 0 saturated carbocycles. The van der Waals surface area contributed by atoms with Crippen LogP contribution in [0.15, 0.2) is 48.8 Å². The normalized spacial score (nSPS) is 9.06. The third-order valence-electron chi connectivity index (χ3n) is 1.80. The van der Waals surface area contributed by atoms with Crippen molar-refractivity contribution in [3.05, 3.63) is 60.2 Å². The van der Waals surface area contributed by atoms with Gasteiger partial charge in [-0.15, -0.1) is 0 Å². The number of hydrogen-bond donors (Lipinski definition) is 1. The summed E-state index contributed by atoms with van der Waals surface area (Å²) in [6, 6.07) is 10.5. The Morgan fingerprint density at radius 1 is 1.06 bits per heavy atom. The van der Waals surface area contributed by atoms with E-state index in [-0.39, 0.29) is 12.4 Å². The van der Waals surface area contributed by atoms with E-state index in [0.717, 1.165) is 0 Å². The van der Waals surface area contributed by atoms with E-state index < -0.39 is 0 Å². The van der Waals surface area contributed by atoms with Crippen LogP contribution in [0.2, 0.25) is 0 Å². The summed E-state index contributed by atoms with van der Waals surface area (Å²) < 4.78 is 0. The van der Waals surface area contributed by atoms with Crippen LogP contribution >= 0.6 is 0 Å². The zero-order chi connectivity index (χ0) is 12.5. The molecule has 0 atom stereocenters. The van der Waals surface area contributed by atoms with Crippen molar-refractivity contribution in [1.29, 1.82) is 0 Å². The Labute approximate surface area is 100.0 Å². The van der Waals surface area contributed by atoms with Crippen LogP contribution in [0.3, 0.4) is 0 Å². The molecule has 0 spiro atoms. The van der Waals surface area contributed by atoms with Gasteiger partial charge in [0.15, 0.2) is 0 Å². The molecule has 0 radical (unpaired) electrons. The molecule has 2 aromatic heterocycles. The van der Waals surface area contributed by atoms with Crippen LogP contribution in [-0.2, 0) is 0 Å². The fourth-order valence-corrected chi connectivity index (χ4v) is 1.13. The molecule has 1 N–H and O–H groups in total. The molecule has 0 aliphatic rings. The minimum atomic E-state index is -0.147. The van der Waals surface area contributed by atoms with Crippen LogP contribution < -0.4 is 0 Å². The Balaban J connectivity index is 0.000000437. The van der Waals surface area contributed by atoms with Gasteiger partial charge in [0, 0.05) is 19.0 Å². The van der Waals surface area contributed by atoms with Crippen LogP contribution in [0.4, 0.5) is 0 Å². The molecule has 0 amide bonds. The van der Waals surface area contributed by atoms with E-state index in [2.05, 4.69) is 9.97 Å². The molecule has 17 heavy (non-hydrogen) atoms. The summed E-state index contributed by atoms with van der Waals surface area (Å²) in [5, 5.41) is 7.57. The Kier molecular flexibility index (Phi) is 5.54. The van der Waals surface area contributed by atoms with Crippen molar-refractivity contribution in [2.24, 2.45) is 0 Å². The van der Waals surface area contributed by atoms with Gasteiger partial charge in [-0.25, -0.2) is 0 Å². The standard InChI is InChI=1S/C11H8N2O.C2H6O/c14-11(9-5-1-3-7-12-9)10-6-2-4-8-13-10;1-2-3/h1-8H;3H,2H2,1H3. The Morgan fingerprint density at radius 3 is 1.76 bits per heavy atom. The van der Waals surface area contributed by atoms with E-state index in [4.69, 9.17) is 5.11 Å². The van der Waals surface area contributed by atoms with Crippen molar-refractivity contribution < 1.29 is 9.90 Å². The van der Waals surface area contributed by atoms with Crippen molar-refractivity contribution in [3.8, 4) is 0 Å². The SMILES string of the molecule is CCO.O=C(c1ccccn1)c1ccccn1. The Hall–Kier alpha value is -2.07. The van der Waals surface area contributed by atoms with Crippen molar-refractivity contribution in [2.75, 3.05) is 6.61 Å². The van der Waals surface area contributed by atoms with Crippen molar-refractivity contribution in [1.82, 2.24) is 9.97 Å². The largest absolute Gasteiger partial charge is 0.397 e. The van der Waals surface area contributed by atoms with Gasteiger partial charge in [-0.1, -0.05) is 12.1 Å². The lowest BCUT2D eigenvalue weighted by molar-refractivity contribution is 0.103. The third kappa shape index (κ3) is 4.12. The second-order valence-electron chi connectivity index (χ2n) is 3.08. The molecule has 0 aliphatic heterocycles. The number of hydrogen-bond acceptors (Lipinski definition) is 4. The number of ketones is 1. The molecule has 0 aliphatic carbocycles. The maximum atomic E-state index is 11.7. The molecule has 2 heterocycles. The fraction of sp³-hybridized carbons (Fsp3) is 0.154. The minimum Gasteiger partial charge on any atom is -0.397 e. The van der Waals surface area contributed by atoms with Gasteiger partial charge in [-0.05, 0) is 31.2 Å². The quantitative estimate of drug-likeness (QED) is 0.798. The highest BCUT2D eigenvalue weighted by molar-refractivity contribution is 6.06.